The average Bonchev–Trinajstić information content (AvgIpc) is 3.20. The Bertz CT molecular complexity index is 1900. The van der Waals surface area contributed by atoms with Gasteiger partial charge in [-0.05, 0) is 23.8 Å². The van der Waals surface area contributed by atoms with Crippen LogP contribution in [0.2, 0.25) is 0 Å². The highest BCUT2D eigenvalue weighted by Gasteiger charge is 2.31. The number of anilines is 1. The number of rotatable bonds is 27. The molecule has 0 saturated carbocycles. The predicted molar refractivity (Wildman–Crippen MR) is 212 cm³/mol. The number of carbonyl (C=O) groups is 6. The summed E-state index contributed by atoms with van der Waals surface area (Å²) in [5, 5.41) is 9.89. The molecule has 2 aromatic carbocycles. The third kappa shape index (κ3) is 18.8. The van der Waals surface area contributed by atoms with Gasteiger partial charge in [-0.1, -0.05) is 42.2 Å². The summed E-state index contributed by atoms with van der Waals surface area (Å²) in [6, 6.07) is 14.6. The van der Waals surface area contributed by atoms with Gasteiger partial charge in [-0.25, -0.2) is 0 Å². The summed E-state index contributed by atoms with van der Waals surface area (Å²) in [5.74, 6) is 2.77. The fraction of sp³-hybridized carbons (Fsp3) is 0.474. The van der Waals surface area contributed by atoms with Gasteiger partial charge in [0, 0.05) is 43.6 Å². The monoisotopic (exact) mass is 845 g/mol. The summed E-state index contributed by atoms with van der Waals surface area (Å²) in [4.78, 5) is 74.3. The third-order valence-electron chi connectivity index (χ3n) is 8.18. The molecule has 0 saturated heterocycles. The van der Waals surface area contributed by atoms with E-state index in [4.69, 9.17) is 24.7 Å². The molecule has 8 N–H and O–H groups in total. The Labute approximate surface area is 342 Å². The average molecular weight is 846 g/mol. The number of ether oxygens (including phenoxy) is 4. The van der Waals surface area contributed by atoms with E-state index in [0.29, 0.717) is 11.3 Å². The van der Waals surface area contributed by atoms with Crippen LogP contribution in [0, 0.1) is 11.8 Å². The molecule has 1 aliphatic heterocycles. The zero-order valence-electron chi connectivity index (χ0n) is 32.5. The molecule has 59 heavy (non-hydrogen) atoms. The first-order valence-corrected chi connectivity index (χ1v) is 20.2. The lowest BCUT2D eigenvalue weighted by Crippen LogP contribution is -2.47. The number of nitrogens with zero attached hydrogens (tertiary/aromatic N) is 1. The van der Waals surface area contributed by atoms with Gasteiger partial charge in [0.15, 0.2) is 5.25 Å². The molecule has 6 amide bonds. The number of nitrogens with two attached hydrogens (primary N) is 1. The largest absolute Gasteiger partial charge is 0.379 e. The van der Waals surface area contributed by atoms with E-state index in [9.17, 15) is 41.7 Å². The Kier molecular flexibility index (Phi) is 21.5. The molecule has 0 aromatic heterocycles. The maximum Gasteiger partial charge on any atom is 0.278 e. The number of carbonyl (C=O) groups excluding carboxylic acids is 6. The maximum absolute atomic E-state index is 13.4. The lowest BCUT2D eigenvalue weighted by Gasteiger charge is -2.26. The molecule has 1 aliphatic rings. The summed E-state index contributed by atoms with van der Waals surface area (Å²) in [7, 11) is -4.91. The topological polar surface area (TPSA) is 283 Å². The zero-order valence-corrected chi connectivity index (χ0v) is 33.3. The fourth-order valence-electron chi connectivity index (χ4n) is 5.12. The van der Waals surface area contributed by atoms with Gasteiger partial charge in [-0.2, -0.15) is 8.42 Å². The second kappa shape index (κ2) is 26.5. The van der Waals surface area contributed by atoms with E-state index < -0.39 is 51.4 Å². The van der Waals surface area contributed by atoms with Crippen molar-refractivity contribution in [2.45, 2.75) is 24.6 Å². The highest BCUT2D eigenvalue weighted by molar-refractivity contribution is 7.87. The number of hydrogen-bond acceptors (Lipinski definition) is 13. The van der Waals surface area contributed by atoms with Crippen LogP contribution in [-0.2, 0) is 64.4 Å². The Morgan fingerprint density at radius 2 is 1.22 bits per heavy atom. The maximum atomic E-state index is 13.4. The minimum absolute atomic E-state index is 0.0203. The van der Waals surface area contributed by atoms with Crippen molar-refractivity contribution in [1.29, 1.82) is 0 Å². The molecule has 1 atom stereocenters. The summed E-state index contributed by atoms with van der Waals surface area (Å²) >= 11 is 0. The van der Waals surface area contributed by atoms with Gasteiger partial charge < -0.3 is 56.2 Å². The highest BCUT2D eigenvalue weighted by Crippen LogP contribution is 2.25. The van der Waals surface area contributed by atoms with E-state index in [1.807, 2.05) is 30.3 Å². The van der Waals surface area contributed by atoms with Crippen molar-refractivity contribution in [1.82, 2.24) is 26.6 Å². The zero-order chi connectivity index (χ0) is 42.9. The van der Waals surface area contributed by atoms with Gasteiger partial charge in [-0.15, -0.1) is 0 Å². The van der Waals surface area contributed by atoms with E-state index in [1.165, 1.54) is 0 Å². The molecule has 3 rings (SSSR count). The Hall–Kier alpha value is -5.47. The van der Waals surface area contributed by atoms with E-state index in [1.54, 1.807) is 23.1 Å². The Balaban J connectivity index is 1.20. The van der Waals surface area contributed by atoms with Crippen molar-refractivity contribution in [2.24, 2.45) is 5.73 Å². The second-order valence-electron chi connectivity index (χ2n) is 12.6. The molecule has 20 nitrogen and oxygen atoms in total. The predicted octanol–water partition coefficient (Wildman–Crippen LogP) is -2.42. The second-order valence-corrected chi connectivity index (χ2v) is 14.2. The minimum Gasteiger partial charge on any atom is -0.379 e. The molecule has 0 bridgehead atoms. The van der Waals surface area contributed by atoms with Crippen LogP contribution in [0.5, 0.6) is 0 Å². The van der Waals surface area contributed by atoms with Crippen molar-refractivity contribution in [3.05, 3.63) is 65.2 Å². The van der Waals surface area contributed by atoms with Gasteiger partial charge in [0.05, 0.1) is 84.7 Å². The van der Waals surface area contributed by atoms with Crippen LogP contribution in [0.4, 0.5) is 5.69 Å². The number of nitrogens with one attached hydrogen (secondary N) is 5. The smallest absolute Gasteiger partial charge is 0.278 e. The van der Waals surface area contributed by atoms with Crippen LogP contribution < -0.4 is 37.2 Å². The first-order chi connectivity index (χ1) is 28.4. The van der Waals surface area contributed by atoms with Crippen LogP contribution in [-0.4, -0.2) is 146 Å². The van der Waals surface area contributed by atoms with Gasteiger partial charge in [0.1, 0.15) is 0 Å². The lowest BCUT2D eigenvalue weighted by molar-refractivity contribution is -0.127. The third-order valence-corrected chi connectivity index (χ3v) is 9.28. The number of amides is 6. The van der Waals surface area contributed by atoms with E-state index in [-0.39, 0.29) is 111 Å². The van der Waals surface area contributed by atoms with Crippen molar-refractivity contribution < 1.29 is 60.7 Å². The standard InChI is InChI=1S/C38H51N7O13S/c39-23-34(47)43-26-36(49)44-25-35(48)40-14-16-56-18-20-58-22-21-57-19-17-55-15-12-33(46)42-24-32(59(52,53)54)38(51)41-13-11-37(50)45-27-30-7-2-1-5-28(30)9-10-29-6-3-4-8-31(29)45/h1-8,32H,11-27,39H2,(H,40,48)(H,41,51)(H,42,46)(H,43,47)(H,44,49)(H,52,53,54). The summed E-state index contributed by atoms with van der Waals surface area (Å²) in [5.41, 5.74) is 7.99. The molecule has 2 aromatic rings. The first-order valence-electron chi connectivity index (χ1n) is 18.7. The molecular weight excluding hydrogens is 795 g/mol. The molecule has 0 radical (unpaired) electrons. The van der Waals surface area contributed by atoms with Gasteiger partial charge >= 0.3 is 0 Å². The van der Waals surface area contributed by atoms with Gasteiger partial charge in [0.25, 0.3) is 10.1 Å². The molecule has 0 aliphatic carbocycles. The van der Waals surface area contributed by atoms with Crippen molar-refractivity contribution >= 4 is 51.2 Å². The Morgan fingerprint density at radius 3 is 1.88 bits per heavy atom. The van der Waals surface area contributed by atoms with Crippen LogP contribution in [0.1, 0.15) is 29.5 Å². The molecule has 1 unspecified atom stereocenters. The number of benzene rings is 2. The lowest BCUT2D eigenvalue weighted by atomic mass is 10.0. The molecule has 21 heteroatoms. The normalized spacial score (nSPS) is 12.3. The van der Waals surface area contributed by atoms with Crippen molar-refractivity contribution in [2.75, 3.05) is 97.0 Å². The quantitative estimate of drug-likeness (QED) is 0.0280. The molecule has 1 heterocycles. The molecule has 0 spiro atoms. The van der Waals surface area contributed by atoms with Crippen LogP contribution in [0.15, 0.2) is 48.5 Å². The first kappa shape index (κ1) is 47.9. The van der Waals surface area contributed by atoms with Crippen LogP contribution in [0.25, 0.3) is 0 Å². The fourth-order valence-corrected chi connectivity index (χ4v) is 5.77. The van der Waals surface area contributed by atoms with Crippen LogP contribution >= 0.6 is 0 Å². The van der Waals surface area contributed by atoms with Gasteiger partial charge in [-0.3, -0.25) is 33.3 Å². The van der Waals surface area contributed by atoms with Gasteiger partial charge in [0.2, 0.25) is 35.4 Å². The van der Waals surface area contributed by atoms with E-state index in [2.05, 4.69) is 38.4 Å². The number of fused-ring (bicyclic) bond motifs is 2. The van der Waals surface area contributed by atoms with E-state index in [0.717, 1.165) is 11.1 Å². The molecule has 0 fully saturated rings. The summed E-state index contributed by atoms with van der Waals surface area (Å²) in [6.45, 7) is 0.462. The SMILES string of the molecule is NCC(=O)NCC(=O)NCC(=O)NCCOCCOCCOCCOCCC(=O)NCC(C(=O)NCCC(=O)N1Cc2ccccc2C#Cc2ccccc21)S(=O)(=O)O. The van der Waals surface area contributed by atoms with Crippen molar-refractivity contribution in [3.8, 4) is 11.8 Å². The van der Waals surface area contributed by atoms with E-state index >= 15 is 0 Å². The minimum atomic E-state index is -4.91. The number of para-hydroxylation sites is 1. The highest BCUT2D eigenvalue weighted by atomic mass is 32.2. The van der Waals surface area contributed by atoms with Crippen LogP contribution in [0.3, 0.4) is 0 Å². The van der Waals surface area contributed by atoms with Crippen molar-refractivity contribution in [3.63, 3.8) is 0 Å². The Morgan fingerprint density at radius 1 is 0.661 bits per heavy atom. The number of hydrogen-bond donors (Lipinski definition) is 7. The summed E-state index contributed by atoms with van der Waals surface area (Å²) < 4.78 is 55.2. The molecule has 322 valence electrons. The molecular formula is C38H51N7O13S. The summed E-state index contributed by atoms with van der Waals surface area (Å²) in [6.07, 6.45) is -0.333.